The van der Waals surface area contributed by atoms with E-state index < -0.39 is 22.0 Å². The summed E-state index contributed by atoms with van der Waals surface area (Å²) in [6, 6.07) is 2.89. The molecular formula is C14H21NO6S. The van der Waals surface area contributed by atoms with Gasteiger partial charge < -0.3 is 14.6 Å². The topological polar surface area (TPSA) is 102 Å². The van der Waals surface area contributed by atoms with Crippen molar-refractivity contribution in [3.05, 3.63) is 18.2 Å². The first-order chi connectivity index (χ1) is 10.2. The van der Waals surface area contributed by atoms with E-state index in [-0.39, 0.29) is 23.0 Å². The van der Waals surface area contributed by atoms with Crippen molar-refractivity contribution in [1.82, 2.24) is 4.72 Å². The number of methoxy groups -OCH3 is 2. The predicted molar refractivity (Wildman–Crippen MR) is 80.7 cm³/mol. The quantitative estimate of drug-likeness (QED) is 0.748. The average Bonchev–Trinajstić information content (AvgIpc) is 2.44. The van der Waals surface area contributed by atoms with Crippen LogP contribution in [0, 0.1) is 5.92 Å². The maximum absolute atomic E-state index is 12.3. The van der Waals surface area contributed by atoms with Gasteiger partial charge >= 0.3 is 5.97 Å². The van der Waals surface area contributed by atoms with E-state index in [0.717, 1.165) is 0 Å². The number of nitrogens with one attached hydrogen (secondary N) is 1. The van der Waals surface area contributed by atoms with Crippen molar-refractivity contribution in [2.24, 2.45) is 5.92 Å². The molecule has 1 atom stereocenters. The molecule has 22 heavy (non-hydrogen) atoms. The Hall–Kier alpha value is -1.80. The third kappa shape index (κ3) is 4.60. The molecule has 7 nitrogen and oxygen atoms in total. The Morgan fingerprint density at radius 2 is 1.82 bits per heavy atom. The largest absolute Gasteiger partial charge is 0.493 e. The van der Waals surface area contributed by atoms with E-state index in [9.17, 15) is 13.2 Å². The molecule has 1 aromatic rings. The molecule has 0 saturated heterocycles. The summed E-state index contributed by atoms with van der Waals surface area (Å²) in [5.74, 6) is -0.536. The molecule has 0 spiro atoms. The number of carboxylic acid groups (broad SMARTS) is 1. The Balaban J connectivity index is 3.10. The van der Waals surface area contributed by atoms with Crippen LogP contribution in [0.3, 0.4) is 0 Å². The molecule has 0 saturated carbocycles. The highest BCUT2D eigenvalue weighted by atomic mass is 32.2. The second-order valence-electron chi connectivity index (χ2n) is 5.16. The lowest BCUT2D eigenvalue weighted by Gasteiger charge is -2.17. The third-order valence-corrected chi connectivity index (χ3v) is 4.44. The van der Waals surface area contributed by atoms with Gasteiger partial charge in [-0.05, 0) is 24.5 Å². The lowest BCUT2D eigenvalue weighted by Crippen LogP contribution is -2.41. The van der Waals surface area contributed by atoms with Gasteiger partial charge in [0.25, 0.3) is 0 Å². The Bertz CT molecular complexity index is 626. The van der Waals surface area contributed by atoms with Crippen molar-refractivity contribution < 1.29 is 27.8 Å². The third-order valence-electron chi connectivity index (χ3n) is 2.97. The normalized spacial score (nSPS) is 13.0. The standard InChI is InChI=1S/C14H21NO6S/c1-9(2)7-11(14(16)17)15-22(18,19)10-5-6-12(20-3)13(8-10)21-4/h5-6,8-9,11,15H,7H2,1-4H3,(H,16,17)/t11-/m0/s1. The Morgan fingerprint density at radius 3 is 2.27 bits per heavy atom. The zero-order valence-corrected chi connectivity index (χ0v) is 13.8. The van der Waals surface area contributed by atoms with Crippen LogP contribution in [-0.4, -0.2) is 39.8 Å². The molecule has 124 valence electrons. The molecule has 8 heteroatoms. The van der Waals surface area contributed by atoms with Crippen LogP contribution in [0.4, 0.5) is 0 Å². The van der Waals surface area contributed by atoms with Gasteiger partial charge in [-0.25, -0.2) is 8.42 Å². The summed E-state index contributed by atoms with van der Waals surface area (Å²) >= 11 is 0. The monoisotopic (exact) mass is 331 g/mol. The number of hydrogen-bond acceptors (Lipinski definition) is 5. The van der Waals surface area contributed by atoms with Gasteiger partial charge in [-0.15, -0.1) is 0 Å². The molecule has 2 N–H and O–H groups in total. The number of aliphatic carboxylic acids is 1. The fourth-order valence-corrected chi connectivity index (χ4v) is 3.13. The van der Waals surface area contributed by atoms with Gasteiger partial charge in [0.15, 0.2) is 11.5 Å². The van der Waals surface area contributed by atoms with E-state index in [2.05, 4.69) is 4.72 Å². The van der Waals surface area contributed by atoms with E-state index in [0.29, 0.717) is 5.75 Å². The number of benzene rings is 1. The van der Waals surface area contributed by atoms with Crippen LogP contribution < -0.4 is 14.2 Å². The Kier molecular flexibility index (Phi) is 6.19. The molecule has 0 aliphatic carbocycles. The molecule has 1 rings (SSSR count). The molecule has 0 aliphatic rings. The summed E-state index contributed by atoms with van der Waals surface area (Å²) in [5.41, 5.74) is 0. The van der Waals surface area contributed by atoms with Crippen molar-refractivity contribution in [2.75, 3.05) is 14.2 Å². The molecule has 0 aromatic heterocycles. The van der Waals surface area contributed by atoms with Crippen LogP contribution in [-0.2, 0) is 14.8 Å². The minimum atomic E-state index is -3.97. The van der Waals surface area contributed by atoms with Crippen molar-refractivity contribution in [2.45, 2.75) is 31.2 Å². The Morgan fingerprint density at radius 1 is 1.23 bits per heavy atom. The minimum Gasteiger partial charge on any atom is -0.493 e. The molecule has 1 aromatic carbocycles. The van der Waals surface area contributed by atoms with Gasteiger partial charge in [-0.3, -0.25) is 4.79 Å². The van der Waals surface area contributed by atoms with Crippen molar-refractivity contribution >= 4 is 16.0 Å². The molecule has 0 aliphatic heterocycles. The molecule has 0 bridgehead atoms. The zero-order chi connectivity index (χ0) is 16.9. The summed E-state index contributed by atoms with van der Waals surface area (Å²) in [7, 11) is -1.15. The van der Waals surface area contributed by atoms with E-state index in [4.69, 9.17) is 14.6 Å². The van der Waals surface area contributed by atoms with Gasteiger partial charge in [0, 0.05) is 6.07 Å². The smallest absolute Gasteiger partial charge is 0.321 e. The fourth-order valence-electron chi connectivity index (χ4n) is 1.91. The molecule has 0 fully saturated rings. The van der Waals surface area contributed by atoms with E-state index in [1.54, 1.807) is 0 Å². The lowest BCUT2D eigenvalue weighted by molar-refractivity contribution is -0.139. The summed E-state index contributed by atoms with van der Waals surface area (Å²) in [6.07, 6.45) is 0.196. The fraction of sp³-hybridized carbons (Fsp3) is 0.500. The van der Waals surface area contributed by atoms with E-state index >= 15 is 0 Å². The minimum absolute atomic E-state index is 0.0363. The number of carboxylic acids is 1. The van der Waals surface area contributed by atoms with Crippen LogP contribution in [0.5, 0.6) is 11.5 Å². The Labute approximate surface area is 130 Å². The summed E-state index contributed by atoms with van der Waals surface area (Å²) in [5, 5.41) is 9.14. The van der Waals surface area contributed by atoms with Crippen LogP contribution >= 0.6 is 0 Å². The summed E-state index contributed by atoms with van der Waals surface area (Å²) in [4.78, 5) is 11.1. The van der Waals surface area contributed by atoms with Crippen LogP contribution in [0.25, 0.3) is 0 Å². The molecule has 0 heterocycles. The number of ether oxygens (including phenoxy) is 2. The lowest BCUT2D eigenvalue weighted by atomic mass is 10.1. The van der Waals surface area contributed by atoms with Crippen molar-refractivity contribution in [3.63, 3.8) is 0 Å². The highest BCUT2D eigenvalue weighted by Crippen LogP contribution is 2.29. The summed E-state index contributed by atoms with van der Waals surface area (Å²) in [6.45, 7) is 3.64. The SMILES string of the molecule is COc1ccc(S(=O)(=O)N[C@@H](CC(C)C)C(=O)O)cc1OC. The molecular weight excluding hydrogens is 310 g/mol. The van der Waals surface area contributed by atoms with Gasteiger partial charge in [0.05, 0.1) is 19.1 Å². The van der Waals surface area contributed by atoms with E-state index in [1.165, 1.54) is 32.4 Å². The number of sulfonamides is 1. The van der Waals surface area contributed by atoms with E-state index in [1.807, 2.05) is 13.8 Å². The average molecular weight is 331 g/mol. The number of carbonyl (C=O) groups is 1. The second-order valence-corrected chi connectivity index (χ2v) is 6.87. The molecule has 0 amide bonds. The van der Waals surface area contributed by atoms with Gasteiger partial charge in [-0.2, -0.15) is 4.72 Å². The van der Waals surface area contributed by atoms with Gasteiger partial charge in [0.2, 0.25) is 10.0 Å². The van der Waals surface area contributed by atoms with Crippen LogP contribution in [0.2, 0.25) is 0 Å². The highest BCUT2D eigenvalue weighted by Gasteiger charge is 2.26. The van der Waals surface area contributed by atoms with Crippen LogP contribution in [0.1, 0.15) is 20.3 Å². The first-order valence-electron chi connectivity index (χ1n) is 6.68. The summed E-state index contributed by atoms with van der Waals surface area (Å²) < 4.78 is 37.0. The van der Waals surface area contributed by atoms with Crippen molar-refractivity contribution in [3.8, 4) is 11.5 Å². The first-order valence-corrected chi connectivity index (χ1v) is 8.16. The predicted octanol–water partition coefficient (Wildman–Crippen LogP) is 1.48. The maximum atomic E-state index is 12.3. The van der Waals surface area contributed by atoms with Gasteiger partial charge in [0.1, 0.15) is 6.04 Å². The van der Waals surface area contributed by atoms with Crippen molar-refractivity contribution in [1.29, 1.82) is 0 Å². The zero-order valence-electron chi connectivity index (χ0n) is 13.0. The number of hydrogen-bond donors (Lipinski definition) is 2. The second kappa shape index (κ2) is 7.46. The first kappa shape index (κ1) is 18.2. The molecule has 0 radical (unpaired) electrons. The maximum Gasteiger partial charge on any atom is 0.321 e. The molecule has 0 unspecified atom stereocenters. The number of rotatable bonds is 8. The van der Waals surface area contributed by atoms with Gasteiger partial charge in [-0.1, -0.05) is 13.8 Å². The van der Waals surface area contributed by atoms with Crippen LogP contribution in [0.15, 0.2) is 23.1 Å². The highest BCUT2D eigenvalue weighted by molar-refractivity contribution is 7.89.